The summed E-state index contributed by atoms with van der Waals surface area (Å²) in [6.07, 6.45) is 3.53. The number of nitro groups is 1. The van der Waals surface area contributed by atoms with Crippen molar-refractivity contribution in [1.82, 2.24) is 0 Å². The smallest absolute Gasteiger partial charge is 0.292 e. The number of hydrogen-bond acceptors (Lipinski definition) is 3. The molecule has 6 heteroatoms. The van der Waals surface area contributed by atoms with Gasteiger partial charge in [-0.1, -0.05) is 12.1 Å². The Morgan fingerprint density at radius 2 is 1.95 bits per heavy atom. The Bertz CT molecular complexity index is 470. The zero-order valence-electron chi connectivity index (χ0n) is 10.7. The molecule has 0 saturated carbocycles. The van der Waals surface area contributed by atoms with E-state index in [1.54, 1.807) is 18.2 Å². The fourth-order valence-electron chi connectivity index (χ4n) is 2.39. The molecule has 1 aromatic carbocycles. The third-order valence-electron chi connectivity index (χ3n) is 3.35. The second-order valence-corrected chi connectivity index (χ2v) is 4.81. The first-order valence-electron chi connectivity index (χ1n) is 6.53. The van der Waals surface area contributed by atoms with Crippen LogP contribution in [0.5, 0.6) is 0 Å². The Morgan fingerprint density at radius 1 is 1.26 bits per heavy atom. The van der Waals surface area contributed by atoms with Crippen LogP contribution in [-0.4, -0.2) is 30.5 Å². The Labute approximate surface area is 111 Å². The molecule has 0 atom stereocenters. The molecule has 1 aliphatic heterocycles. The molecule has 102 valence electrons. The summed E-state index contributed by atoms with van der Waals surface area (Å²) in [5.41, 5.74) is 0.207. The highest BCUT2D eigenvalue weighted by molar-refractivity contribution is 5.93. The fraction of sp³-hybridized carbons (Fsp3) is 0.462. The summed E-state index contributed by atoms with van der Waals surface area (Å²) < 4.78 is 0. The predicted octanol–water partition coefficient (Wildman–Crippen LogP) is 0.602. The molecule has 1 amide bonds. The van der Waals surface area contributed by atoms with Crippen LogP contribution in [0.15, 0.2) is 24.3 Å². The first-order valence-corrected chi connectivity index (χ1v) is 6.53. The van der Waals surface area contributed by atoms with Gasteiger partial charge in [-0.05, 0) is 25.3 Å². The van der Waals surface area contributed by atoms with E-state index in [1.165, 1.54) is 17.4 Å². The van der Waals surface area contributed by atoms with Crippen LogP contribution in [0, 0.1) is 10.1 Å². The molecule has 0 spiro atoms. The minimum absolute atomic E-state index is 0.0653. The highest BCUT2D eigenvalue weighted by atomic mass is 16.6. The number of carbonyl (C=O) groups is 1. The van der Waals surface area contributed by atoms with Crippen molar-refractivity contribution in [2.45, 2.75) is 19.3 Å². The van der Waals surface area contributed by atoms with Gasteiger partial charge in [0, 0.05) is 6.07 Å². The van der Waals surface area contributed by atoms with Gasteiger partial charge in [0.25, 0.3) is 11.6 Å². The van der Waals surface area contributed by atoms with Crippen molar-refractivity contribution in [1.29, 1.82) is 0 Å². The van der Waals surface area contributed by atoms with E-state index in [0.717, 1.165) is 25.9 Å². The molecule has 0 unspecified atom stereocenters. The number of rotatable bonds is 4. The van der Waals surface area contributed by atoms with E-state index in [-0.39, 0.29) is 17.3 Å². The van der Waals surface area contributed by atoms with Gasteiger partial charge in [0.05, 0.1) is 18.0 Å². The zero-order chi connectivity index (χ0) is 13.7. The minimum atomic E-state index is -0.483. The van der Waals surface area contributed by atoms with E-state index in [9.17, 15) is 14.9 Å². The summed E-state index contributed by atoms with van der Waals surface area (Å²) in [6, 6.07) is 6.21. The molecule has 2 rings (SSSR count). The van der Waals surface area contributed by atoms with Gasteiger partial charge in [-0.25, -0.2) is 0 Å². The molecule has 0 radical (unpaired) electrons. The van der Waals surface area contributed by atoms with Crippen molar-refractivity contribution >= 4 is 17.3 Å². The molecular formula is C13H18N3O3+. The molecule has 1 aliphatic rings. The molecule has 1 saturated heterocycles. The maximum atomic E-state index is 11.9. The van der Waals surface area contributed by atoms with Gasteiger partial charge in [0.15, 0.2) is 6.54 Å². The first kappa shape index (κ1) is 13.5. The molecule has 1 fully saturated rings. The Morgan fingerprint density at radius 3 is 2.63 bits per heavy atom. The highest BCUT2D eigenvalue weighted by Gasteiger charge is 2.20. The highest BCUT2D eigenvalue weighted by Crippen LogP contribution is 2.22. The number of nitro benzene ring substituents is 1. The van der Waals surface area contributed by atoms with E-state index in [2.05, 4.69) is 5.32 Å². The topological polar surface area (TPSA) is 76.7 Å². The van der Waals surface area contributed by atoms with Crippen LogP contribution in [0.1, 0.15) is 19.3 Å². The van der Waals surface area contributed by atoms with Crippen molar-refractivity contribution in [3.05, 3.63) is 34.4 Å². The number of amides is 1. The van der Waals surface area contributed by atoms with E-state index in [4.69, 9.17) is 0 Å². The van der Waals surface area contributed by atoms with Gasteiger partial charge in [0.1, 0.15) is 5.69 Å². The third kappa shape index (κ3) is 3.75. The average Bonchev–Trinajstić information content (AvgIpc) is 2.40. The van der Waals surface area contributed by atoms with Crippen molar-refractivity contribution in [2.24, 2.45) is 0 Å². The lowest BCUT2D eigenvalue weighted by molar-refractivity contribution is -0.896. The van der Waals surface area contributed by atoms with E-state index in [1.807, 2.05) is 0 Å². The number of hydrogen-bond donors (Lipinski definition) is 2. The lowest BCUT2D eigenvalue weighted by Crippen LogP contribution is -3.13. The number of anilines is 1. The molecular weight excluding hydrogens is 246 g/mol. The molecule has 2 N–H and O–H groups in total. The maximum absolute atomic E-state index is 11.9. The van der Waals surface area contributed by atoms with Crippen LogP contribution in [-0.2, 0) is 4.79 Å². The Hall–Kier alpha value is -1.95. The number of nitrogens with one attached hydrogen (secondary N) is 2. The second kappa shape index (κ2) is 6.29. The summed E-state index contributed by atoms with van der Waals surface area (Å²) in [5, 5.41) is 13.5. The number of likely N-dealkylation sites (tertiary alicyclic amines) is 1. The number of piperidine rings is 1. The van der Waals surface area contributed by atoms with Crippen LogP contribution in [0.3, 0.4) is 0 Å². The monoisotopic (exact) mass is 264 g/mol. The summed E-state index contributed by atoms with van der Waals surface area (Å²) >= 11 is 0. The molecule has 0 bridgehead atoms. The normalized spacial score (nSPS) is 16.0. The summed E-state index contributed by atoms with van der Waals surface area (Å²) in [7, 11) is 0. The summed E-state index contributed by atoms with van der Waals surface area (Å²) in [6.45, 7) is 2.39. The van der Waals surface area contributed by atoms with E-state index < -0.39 is 4.92 Å². The lowest BCUT2D eigenvalue weighted by Gasteiger charge is -2.22. The quantitative estimate of drug-likeness (QED) is 0.617. The van der Waals surface area contributed by atoms with Crippen LogP contribution in [0.4, 0.5) is 11.4 Å². The number of para-hydroxylation sites is 2. The number of nitrogens with zero attached hydrogens (tertiary/aromatic N) is 1. The molecule has 6 nitrogen and oxygen atoms in total. The van der Waals surface area contributed by atoms with Crippen LogP contribution in [0.2, 0.25) is 0 Å². The predicted molar refractivity (Wildman–Crippen MR) is 71.1 cm³/mol. The standard InChI is InChI=1S/C13H17N3O3/c17-13(10-15-8-4-1-5-9-15)14-11-6-2-3-7-12(11)16(18)19/h2-3,6-7H,1,4-5,8-10H2,(H,14,17)/p+1. The van der Waals surface area contributed by atoms with Crippen LogP contribution in [0.25, 0.3) is 0 Å². The molecule has 1 aromatic rings. The van der Waals surface area contributed by atoms with Gasteiger partial charge in [0.2, 0.25) is 0 Å². The third-order valence-corrected chi connectivity index (χ3v) is 3.35. The van der Waals surface area contributed by atoms with Crippen molar-refractivity contribution in [3.8, 4) is 0 Å². The van der Waals surface area contributed by atoms with Gasteiger partial charge in [-0.2, -0.15) is 0 Å². The largest absolute Gasteiger partial charge is 0.327 e. The molecule has 19 heavy (non-hydrogen) atoms. The zero-order valence-corrected chi connectivity index (χ0v) is 10.7. The Balaban J connectivity index is 1.96. The van der Waals surface area contributed by atoms with Crippen LogP contribution >= 0.6 is 0 Å². The molecule has 1 heterocycles. The molecule has 0 aromatic heterocycles. The number of benzene rings is 1. The minimum Gasteiger partial charge on any atom is -0.327 e. The van der Waals surface area contributed by atoms with Crippen LogP contribution < -0.4 is 10.2 Å². The Kier molecular flexibility index (Phi) is 4.46. The second-order valence-electron chi connectivity index (χ2n) is 4.81. The fourth-order valence-corrected chi connectivity index (χ4v) is 2.39. The van der Waals surface area contributed by atoms with Crippen molar-refractivity contribution < 1.29 is 14.6 Å². The average molecular weight is 264 g/mol. The van der Waals surface area contributed by atoms with Gasteiger partial charge in [-0.15, -0.1) is 0 Å². The lowest BCUT2D eigenvalue weighted by atomic mass is 10.1. The number of quaternary nitrogens is 1. The molecule has 0 aliphatic carbocycles. The maximum Gasteiger partial charge on any atom is 0.292 e. The number of carbonyl (C=O) groups excluding carboxylic acids is 1. The van der Waals surface area contributed by atoms with Crippen molar-refractivity contribution in [2.75, 3.05) is 25.0 Å². The van der Waals surface area contributed by atoms with Crippen molar-refractivity contribution in [3.63, 3.8) is 0 Å². The summed E-state index contributed by atoms with van der Waals surface area (Å²) in [4.78, 5) is 23.5. The van der Waals surface area contributed by atoms with Gasteiger partial charge < -0.3 is 10.2 Å². The summed E-state index contributed by atoms with van der Waals surface area (Å²) in [5.74, 6) is -0.161. The SMILES string of the molecule is O=C(C[NH+]1CCCCC1)Nc1ccccc1[N+](=O)[O-]. The van der Waals surface area contributed by atoms with Gasteiger partial charge in [-0.3, -0.25) is 14.9 Å². The van der Waals surface area contributed by atoms with Gasteiger partial charge >= 0.3 is 0 Å². The van der Waals surface area contributed by atoms with E-state index >= 15 is 0 Å². The first-order chi connectivity index (χ1) is 9.16. The van der Waals surface area contributed by atoms with E-state index in [0.29, 0.717) is 6.54 Å².